The van der Waals surface area contributed by atoms with E-state index in [1.54, 1.807) is 12.3 Å². The zero-order valence-electron chi connectivity index (χ0n) is 16.9. The molecule has 0 saturated carbocycles. The van der Waals surface area contributed by atoms with Crippen LogP contribution in [0.25, 0.3) is 39.0 Å². The van der Waals surface area contributed by atoms with Crippen LogP contribution < -0.4 is 5.56 Å². The van der Waals surface area contributed by atoms with Gasteiger partial charge in [-0.25, -0.2) is 0 Å². The summed E-state index contributed by atoms with van der Waals surface area (Å²) in [6, 6.07) is 24.8. The second-order valence-corrected chi connectivity index (χ2v) is 8.33. The fraction of sp³-hybridized carbons (Fsp3) is 0. The van der Waals surface area contributed by atoms with Gasteiger partial charge in [0.25, 0.3) is 5.56 Å². The largest absolute Gasteiger partial charge is 0.321 e. The van der Waals surface area contributed by atoms with Crippen LogP contribution in [0, 0.1) is 0 Å². The number of rotatable bonds is 4. The van der Waals surface area contributed by atoms with Crippen LogP contribution in [0.5, 0.6) is 0 Å². The number of benzene rings is 3. The predicted octanol–water partition coefficient (Wildman–Crippen LogP) is 6.40. The van der Waals surface area contributed by atoms with E-state index in [1.807, 2.05) is 78.9 Å². The van der Waals surface area contributed by atoms with Crippen LogP contribution in [-0.4, -0.2) is 15.8 Å². The molecule has 5 rings (SSSR count). The van der Waals surface area contributed by atoms with Gasteiger partial charge in [-0.2, -0.15) is 0 Å². The third-order valence-electron chi connectivity index (χ3n) is 5.34. The van der Waals surface area contributed by atoms with E-state index in [4.69, 9.17) is 0 Å². The second kappa shape index (κ2) is 8.36. The number of halogens is 1. The van der Waals surface area contributed by atoms with E-state index in [-0.39, 0.29) is 11.3 Å². The van der Waals surface area contributed by atoms with E-state index in [1.165, 1.54) is 6.08 Å². The standard InChI is InChI=1S/C27H17BrN2O2/c28-20-10-12-23-21(16-20)25(18-5-2-1-3-6-18)26(27(32)30-23)24(31)13-9-17-8-11-22-19(15-17)7-4-14-29-22/h1-16H,(H,30,32)/b13-9+. The second-order valence-electron chi connectivity index (χ2n) is 7.41. The number of nitrogens with one attached hydrogen (secondary N) is 1. The molecular weight excluding hydrogens is 464 g/mol. The van der Waals surface area contributed by atoms with Gasteiger partial charge in [0.1, 0.15) is 0 Å². The lowest BCUT2D eigenvalue weighted by molar-refractivity contribution is 0.104. The Morgan fingerprint density at radius 1 is 0.938 bits per heavy atom. The Kier molecular flexibility index (Phi) is 5.25. The van der Waals surface area contributed by atoms with E-state index in [0.29, 0.717) is 11.1 Å². The van der Waals surface area contributed by atoms with Crippen LogP contribution in [0.15, 0.2) is 100 Å². The molecule has 0 aliphatic carbocycles. The molecule has 0 aliphatic rings. The summed E-state index contributed by atoms with van der Waals surface area (Å²) in [4.78, 5) is 33.5. The average molecular weight is 481 g/mol. The van der Waals surface area contributed by atoms with Crippen molar-refractivity contribution in [2.24, 2.45) is 0 Å². The molecule has 0 fully saturated rings. The minimum Gasteiger partial charge on any atom is -0.321 e. The Labute approximate surface area is 192 Å². The molecule has 0 amide bonds. The number of allylic oxidation sites excluding steroid dienone is 1. The maximum Gasteiger partial charge on any atom is 0.260 e. The molecule has 2 aromatic heterocycles. The number of nitrogens with zero attached hydrogens (tertiary/aromatic N) is 1. The van der Waals surface area contributed by atoms with E-state index in [9.17, 15) is 9.59 Å². The fourth-order valence-electron chi connectivity index (χ4n) is 3.86. The van der Waals surface area contributed by atoms with Crippen LogP contribution in [0.4, 0.5) is 0 Å². The van der Waals surface area contributed by atoms with Gasteiger partial charge in [0.05, 0.1) is 11.1 Å². The average Bonchev–Trinajstić information content (AvgIpc) is 2.82. The van der Waals surface area contributed by atoms with Crippen LogP contribution in [0.3, 0.4) is 0 Å². The molecule has 1 N–H and O–H groups in total. The molecule has 0 atom stereocenters. The zero-order chi connectivity index (χ0) is 22.1. The van der Waals surface area contributed by atoms with Crippen molar-refractivity contribution < 1.29 is 4.79 Å². The van der Waals surface area contributed by atoms with Crippen molar-refractivity contribution in [1.29, 1.82) is 0 Å². The third kappa shape index (κ3) is 3.79. The Hall–Kier alpha value is -3.83. The molecule has 5 heteroatoms. The molecule has 0 spiro atoms. The predicted molar refractivity (Wildman–Crippen MR) is 133 cm³/mol. The minimum atomic E-state index is -0.406. The summed E-state index contributed by atoms with van der Waals surface area (Å²) in [6.07, 6.45) is 4.93. The molecule has 32 heavy (non-hydrogen) atoms. The van der Waals surface area contributed by atoms with Gasteiger partial charge in [-0.1, -0.05) is 64.5 Å². The van der Waals surface area contributed by atoms with E-state index in [0.717, 1.165) is 31.9 Å². The minimum absolute atomic E-state index is 0.125. The smallest absolute Gasteiger partial charge is 0.260 e. The highest BCUT2D eigenvalue weighted by Crippen LogP contribution is 2.31. The summed E-state index contributed by atoms with van der Waals surface area (Å²) < 4.78 is 0.868. The van der Waals surface area contributed by atoms with Gasteiger partial charge in [0.2, 0.25) is 0 Å². The molecule has 0 aliphatic heterocycles. The third-order valence-corrected chi connectivity index (χ3v) is 5.83. The number of carbonyl (C=O) groups is 1. The molecule has 0 saturated heterocycles. The summed E-state index contributed by atoms with van der Waals surface area (Å²) in [6.45, 7) is 0. The maximum absolute atomic E-state index is 13.3. The molecule has 154 valence electrons. The highest BCUT2D eigenvalue weighted by molar-refractivity contribution is 9.10. The van der Waals surface area contributed by atoms with Crippen LogP contribution in [0.1, 0.15) is 15.9 Å². The Bertz CT molecular complexity index is 1570. The van der Waals surface area contributed by atoms with Crippen molar-refractivity contribution in [2.75, 3.05) is 0 Å². The summed E-state index contributed by atoms with van der Waals surface area (Å²) in [5, 5.41) is 1.79. The number of pyridine rings is 2. The first-order valence-electron chi connectivity index (χ1n) is 10.1. The zero-order valence-corrected chi connectivity index (χ0v) is 18.5. The molecule has 0 bridgehead atoms. The lowest BCUT2D eigenvalue weighted by atomic mass is 9.94. The Morgan fingerprint density at radius 2 is 1.78 bits per heavy atom. The first-order chi connectivity index (χ1) is 15.6. The summed E-state index contributed by atoms with van der Waals surface area (Å²) in [7, 11) is 0. The molecule has 4 nitrogen and oxygen atoms in total. The van der Waals surface area contributed by atoms with E-state index >= 15 is 0 Å². The van der Waals surface area contributed by atoms with Gasteiger partial charge in [-0.3, -0.25) is 14.6 Å². The maximum atomic E-state index is 13.3. The van der Waals surface area contributed by atoms with Gasteiger partial charge < -0.3 is 4.98 Å². The van der Waals surface area contributed by atoms with Crippen molar-refractivity contribution >= 4 is 49.6 Å². The highest BCUT2D eigenvalue weighted by Gasteiger charge is 2.19. The highest BCUT2D eigenvalue weighted by atomic mass is 79.9. The number of carbonyl (C=O) groups excluding carboxylic acids is 1. The number of hydrogen-bond donors (Lipinski definition) is 1. The van der Waals surface area contributed by atoms with E-state index in [2.05, 4.69) is 25.9 Å². The summed E-state index contributed by atoms with van der Waals surface area (Å²) >= 11 is 3.50. The quantitative estimate of drug-likeness (QED) is 0.239. The molecule has 2 heterocycles. The van der Waals surface area contributed by atoms with E-state index < -0.39 is 5.56 Å². The van der Waals surface area contributed by atoms with Gasteiger partial charge in [0, 0.05) is 32.5 Å². The van der Waals surface area contributed by atoms with Crippen molar-refractivity contribution in [3.8, 4) is 11.1 Å². The Morgan fingerprint density at radius 3 is 2.62 bits per heavy atom. The first-order valence-corrected chi connectivity index (χ1v) is 10.9. The Balaban J connectivity index is 1.65. The number of aromatic nitrogens is 2. The number of H-pyrrole nitrogens is 1. The van der Waals surface area contributed by atoms with Crippen LogP contribution in [0.2, 0.25) is 0 Å². The topological polar surface area (TPSA) is 62.8 Å². The fourth-order valence-corrected chi connectivity index (χ4v) is 4.22. The van der Waals surface area contributed by atoms with Gasteiger partial charge in [-0.05, 0) is 53.6 Å². The van der Waals surface area contributed by atoms with Crippen molar-refractivity contribution in [3.05, 3.63) is 117 Å². The molecule has 5 aromatic rings. The van der Waals surface area contributed by atoms with Gasteiger partial charge in [-0.15, -0.1) is 0 Å². The first kappa shape index (κ1) is 20.1. The van der Waals surface area contributed by atoms with Crippen molar-refractivity contribution in [1.82, 2.24) is 9.97 Å². The SMILES string of the molecule is O=C(/C=C/c1ccc2ncccc2c1)c1c(-c2ccccc2)c2cc(Br)ccc2[nH]c1=O. The monoisotopic (exact) mass is 480 g/mol. The van der Waals surface area contributed by atoms with Crippen molar-refractivity contribution in [2.45, 2.75) is 0 Å². The van der Waals surface area contributed by atoms with Crippen LogP contribution >= 0.6 is 15.9 Å². The normalized spacial score (nSPS) is 11.4. The summed E-state index contributed by atoms with van der Waals surface area (Å²) in [5.74, 6) is -0.349. The number of fused-ring (bicyclic) bond motifs is 2. The molecule has 3 aromatic carbocycles. The number of ketones is 1. The number of aromatic amines is 1. The summed E-state index contributed by atoms with van der Waals surface area (Å²) in [5.41, 5.74) is 3.59. The molecular formula is C27H17BrN2O2. The van der Waals surface area contributed by atoms with Crippen LogP contribution in [-0.2, 0) is 0 Å². The lowest BCUT2D eigenvalue weighted by Crippen LogP contribution is -2.18. The van der Waals surface area contributed by atoms with Gasteiger partial charge in [0.15, 0.2) is 5.78 Å². The van der Waals surface area contributed by atoms with Gasteiger partial charge >= 0.3 is 0 Å². The number of hydrogen-bond acceptors (Lipinski definition) is 3. The van der Waals surface area contributed by atoms with Crippen molar-refractivity contribution in [3.63, 3.8) is 0 Å². The molecule has 0 unspecified atom stereocenters. The lowest BCUT2D eigenvalue weighted by Gasteiger charge is -2.12. The molecule has 0 radical (unpaired) electrons.